The highest BCUT2D eigenvalue weighted by Crippen LogP contribution is 2.31. The van der Waals surface area contributed by atoms with E-state index in [-0.39, 0.29) is 23.3 Å². The van der Waals surface area contributed by atoms with Gasteiger partial charge in [-0.05, 0) is 50.5 Å². The van der Waals surface area contributed by atoms with E-state index in [1.54, 1.807) is 7.05 Å². The van der Waals surface area contributed by atoms with Crippen LogP contribution in [0, 0.1) is 6.92 Å². The van der Waals surface area contributed by atoms with Gasteiger partial charge in [0, 0.05) is 18.8 Å². The number of thioether (sulfide) groups is 1. The van der Waals surface area contributed by atoms with E-state index < -0.39 is 0 Å². The number of aromatic nitrogens is 2. The summed E-state index contributed by atoms with van der Waals surface area (Å²) < 4.78 is 1.54. The Bertz CT molecular complexity index is 1120. The first-order valence-corrected chi connectivity index (χ1v) is 10.4. The molecule has 0 bridgehead atoms. The van der Waals surface area contributed by atoms with Crippen LogP contribution in [0.25, 0.3) is 10.9 Å². The number of hydrogen-bond acceptors (Lipinski definition) is 4. The Morgan fingerprint density at radius 2 is 2.04 bits per heavy atom. The third-order valence-corrected chi connectivity index (χ3v) is 6.32. The van der Waals surface area contributed by atoms with Gasteiger partial charge >= 0.3 is 0 Å². The maximum absolute atomic E-state index is 13.0. The fraction of sp³-hybridized carbons (Fsp3) is 0.318. The summed E-state index contributed by atoms with van der Waals surface area (Å²) in [6.07, 6.45) is 1.95. The molecule has 28 heavy (non-hydrogen) atoms. The van der Waals surface area contributed by atoms with Crippen molar-refractivity contribution in [3.05, 3.63) is 63.9 Å². The molecule has 5 nitrogen and oxygen atoms in total. The molecule has 0 N–H and O–H groups in total. The van der Waals surface area contributed by atoms with Crippen molar-refractivity contribution < 1.29 is 4.79 Å². The second-order valence-corrected chi connectivity index (χ2v) is 8.29. The Morgan fingerprint density at radius 1 is 1.25 bits per heavy atom. The minimum absolute atomic E-state index is 0.0444. The molecule has 1 aliphatic heterocycles. The van der Waals surface area contributed by atoms with Crippen molar-refractivity contribution in [1.29, 1.82) is 0 Å². The summed E-state index contributed by atoms with van der Waals surface area (Å²) in [4.78, 5) is 32.2. The van der Waals surface area contributed by atoms with Crippen molar-refractivity contribution in [1.82, 2.24) is 9.55 Å². The number of aryl methyl sites for hydroxylation is 2. The Hall–Kier alpha value is -2.60. The lowest BCUT2D eigenvalue weighted by atomic mass is 9.97. The summed E-state index contributed by atoms with van der Waals surface area (Å²) in [6, 6.07) is 13.9. The van der Waals surface area contributed by atoms with Gasteiger partial charge in [0.25, 0.3) is 5.56 Å². The van der Waals surface area contributed by atoms with E-state index >= 15 is 0 Å². The van der Waals surface area contributed by atoms with Crippen LogP contribution in [0.15, 0.2) is 52.4 Å². The predicted octanol–water partition coefficient (Wildman–Crippen LogP) is 3.70. The van der Waals surface area contributed by atoms with E-state index in [4.69, 9.17) is 0 Å². The van der Waals surface area contributed by atoms with Crippen molar-refractivity contribution in [2.45, 2.75) is 37.9 Å². The molecule has 1 amide bonds. The molecule has 0 aliphatic carbocycles. The molecule has 0 radical (unpaired) electrons. The average Bonchev–Trinajstić information content (AvgIpc) is 2.69. The number of amides is 1. The molecule has 1 aromatic heterocycles. The maximum atomic E-state index is 13.0. The molecule has 6 heteroatoms. The summed E-state index contributed by atoms with van der Waals surface area (Å²) >= 11 is 1.32. The summed E-state index contributed by atoms with van der Waals surface area (Å²) in [6.45, 7) is 4.04. The van der Waals surface area contributed by atoms with Crippen LogP contribution >= 0.6 is 11.8 Å². The quantitative estimate of drug-likeness (QED) is 0.503. The van der Waals surface area contributed by atoms with Crippen LogP contribution in [0.3, 0.4) is 0 Å². The monoisotopic (exact) mass is 393 g/mol. The van der Waals surface area contributed by atoms with Gasteiger partial charge in [-0.3, -0.25) is 14.2 Å². The summed E-state index contributed by atoms with van der Waals surface area (Å²) in [5.41, 5.74) is 3.83. The Balaban J connectivity index is 1.60. The topological polar surface area (TPSA) is 55.2 Å². The highest BCUT2D eigenvalue weighted by Gasteiger charge is 2.28. The third-order valence-electron chi connectivity index (χ3n) is 5.31. The minimum Gasteiger partial charge on any atom is -0.309 e. The predicted molar refractivity (Wildman–Crippen MR) is 114 cm³/mol. The van der Waals surface area contributed by atoms with Gasteiger partial charge in [-0.25, -0.2) is 4.98 Å². The maximum Gasteiger partial charge on any atom is 0.261 e. The molecular weight excluding hydrogens is 370 g/mol. The zero-order chi connectivity index (χ0) is 19.8. The molecular formula is C22H23N3O2S. The second-order valence-electron chi connectivity index (χ2n) is 7.35. The Kier molecular flexibility index (Phi) is 4.98. The molecule has 3 aromatic rings. The van der Waals surface area contributed by atoms with Crippen molar-refractivity contribution >= 4 is 34.3 Å². The molecule has 0 saturated heterocycles. The first-order chi connectivity index (χ1) is 13.5. The standard InChI is InChI=1S/C22H23N3O2S/c1-14-8-11-18-17(12-14)21(27)24(3)22(23-18)28-13-20(26)25-15(2)9-10-16-6-4-5-7-19(16)25/h4-8,11-12,15H,9-10,13H2,1-3H3. The van der Waals surface area contributed by atoms with E-state index in [2.05, 4.69) is 18.0 Å². The van der Waals surface area contributed by atoms with Crippen LogP contribution in [-0.4, -0.2) is 27.3 Å². The molecule has 0 fully saturated rings. The normalized spacial score (nSPS) is 16.2. The zero-order valence-corrected chi connectivity index (χ0v) is 17.1. The molecule has 2 heterocycles. The number of benzene rings is 2. The molecule has 1 atom stereocenters. The number of rotatable bonds is 3. The SMILES string of the molecule is Cc1ccc2nc(SCC(=O)N3c4ccccc4CCC3C)n(C)c(=O)c2c1. The van der Waals surface area contributed by atoms with Crippen LogP contribution in [0.2, 0.25) is 0 Å². The number of carbonyl (C=O) groups excluding carboxylic acids is 1. The first-order valence-electron chi connectivity index (χ1n) is 9.46. The van der Waals surface area contributed by atoms with E-state index in [9.17, 15) is 9.59 Å². The summed E-state index contributed by atoms with van der Waals surface area (Å²) in [7, 11) is 1.71. The molecule has 0 saturated carbocycles. The van der Waals surface area contributed by atoms with Crippen LogP contribution in [0.1, 0.15) is 24.5 Å². The number of para-hydroxylation sites is 1. The number of carbonyl (C=O) groups is 1. The van der Waals surface area contributed by atoms with Gasteiger partial charge in [0.05, 0.1) is 16.7 Å². The lowest BCUT2D eigenvalue weighted by Gasteiger charge is -2.35. The molecule has 0 spiro atoms. The summed E-state index contributed by atoms with van der Waals surface area (Å²) in [5, 5.41) is 1.17. The molecule has 1 unspecified atom stereocenters. The van der Waals surface area contributed by atoms with E-state index in [1.807, 2.05) is 48.2 Å². The van der Waals surface area contributed by atoms with Crippen molar-refractivity contribution in [3.8, 4) is 0 Å². The van der Waals surface area contributed by atoms with Gasteiger partial charge < -0.3 is 4.90 Å². The van der Waals surface area contributed by atoms with E-state index in [1.165, 1.54) is 21.9 Å². The third kappa shape index (κ3) is 3.33. The van der Waals surface area contributed by atoms with E-state index in [0.29, 0.717) is 16.1 Å². The molecule has 144 valence electrons. The first kappa shape index (κ1) is 18.7. The van der Waals surface area contributed by atoms with Crippen LogP contribution in [-0.2, 0) is 18.3 Å². The van der Waals surface area contributed by atoms with Gasteiger partial charge in [-0.1, -0.05) is 41.6 Å². The Morgan fingerprint density at radius 3 is 2.86 bits per heavy atom. The second kappa shape index (κ2) is 7.43. The fourth-order valence-corrected chi connectivity index (χ4v) is 4.59. The summed E-state index contributed by atoms with van der Waals surface area (Å²) in [5.74, 6) is 0.291. The number of hydrogen-bond donors (Lipinski definition) is 0. The van der Waals surface area contributed by atoms with Crippen molar-refractivity contribution in [2.24, 2.45) is 7.05 Å². The van der Waals surface area contributed by atoms with Crippen LogP contribution in [0.5, 0.6) is 0 Å². The number of anilines is 1. The fourth-order valence-electron chi connectivity index (χ4n) is 3.76. The van der Waals surface area contributed by atoms with Crippen LogP contribution in [0.4, 0.5) is 5.69 Å². The smallest absolute Gasteiger partial charge is 0.261 e. The molecule has 1 aliphatic rings. The highest BCUT2D eigenvalue weighted by molar-refractivity contribution is 7.99. The molecule has 2 aromatic carbocycles. The van der Waals surface area contributed by atoms with Gasteiger partial charge in [-0.15, -0.1) is 0 Å². The Labute approximate surface area is 168 Å². The zero-order valence-electron chi connectivity index (χ0n) is 16.3. The van der Waals surface area contributed by atoms with Gasteiger partial charge in [0.15, 0.2) is 5.16 Å². The van der Waals surface area contributed by atoms with E-state index in [0.717, 1.165) is 24.1 Å². The average molecular weight is 394 g/mol. The number of fused-ring (bicyclic) bond motifs is 2. The molecule has 4 rings (SSSR count). The largest absolute Gasteiger partial charge is 0.309 e. The lowest BCUT2D eigenvalue weighted by molar-refractivity contribution is -0.116. The minimum atomic E-state index is -0.0830. The number of nitrogens with zero attached hydrogens (tertiary/aromatic N) is 3. The van der Waals surface area contributed by atoms with Crippen LogP contribution < -0.4 is 10.5 Å². The van der Waals surface area contributed by atoms with Gasteiger partial charge in [-0.2, -0.15) is 0 Å². The van der Waals surface area contributed by atoms with Gasteiger partial charge in [0.1, 0.15) is 0 Å². The highest BCUT2D eigenvalue weighted by atomic mass is 32.2. The van der Waals surface area contributed by atoms with Gasteiger partial charge in [0.2, 0.25) is 5.91 Å². The van der Waals surface area contributed by atoms with Crippen molar-refractivity contribution in [2.75, 3.05) is 10.7 Å². The van der Waals surface area contributed by atoms with Crippen molar-refractivity contribution in [3.63, 3.8) is 0 Å². The lowest BCUT2D eigenvalue weighted by Crippen LogP contribution is -2.43.